The minimum atomic E-state index is 0.392. The van der Waals surface area contributed by atoms with Gasteiger partial charge in [-0.05, 0) is 43.4 Å². The summed E-state index contributed by atoms with van der Waals surface area (Å²) in [4.78, 5) is 11.8. The van der Waals surface area contributed by atoms with Crippen LogP contribution in [0.25, 0.3) is 0 Å². The minimum Gasteiger partial charge on any atom is -0.299 e. The Morgan fingerprint density at radius 3 is 2.67 bits per heavy atom. The molecule has 0 amide bonds. The first-order valence-corrected chi connectivity index (χ1v) is 5.31. The Morgan fingerprint density at radius 2 is 1.92 bits per heavy atom. The van der Waals surface area contributed by atoms with Gasteiger partial charge in [0.1, 0.15) is 5.78 Å². The molecule has 0 heterocycles. The highest BCUT2D eigenvalue weighted by atomic mass is 16.1. The highest BCUT2D eigenvalue weighted by Gasteiger charge is 2.55. The van der Waals surface area contributed by atoms with E-state index in [0.717, 1.165) is 17.8 Å². The largest absolute Gasteiger partial charge is 0.299 e. The zero-order valence-electron chi connectivity index (χ0n) is 7.62. The smallest absolute Gasteiger partial charge is 0.139 e. The van der Waals surface area contributed by atoms with E-state index in [0.29, 0.717) is 17.6 Å². The number of Topliss-reactive ketones (excluding diaryl/α,β-unsaturated/α-hetero) is 1. The summed E-state index contributed by atoms with van der Waals surface area (Å²) < 4.78 is 0. The first-order chi connectivity index (χ1) is 5.77. The van der Waals surface area contributed by atoms with Crippen LogP contribution in [0.3, 0.4) is 0 Å². The summed E-state index contributed by atoms with van der Waals surface area (Å²) in [6, 6.07) is 0. The SMILES string of the molecule is C[C@H]1C[C@H]2[C@@H]3CC[C@@H](C3)[C@H]2C1=O. The van der Waals surface area contributed by atoms with Gasteiger partial charge in [0.15, 0.2) is 0 Å². The van der Waals surface area contributed by atoms with Gasteiger partial charge in [-0.2, -0.15) is 0 Å². The Bertz CT molecular complexity index is 233. The summed E-state index contributed by atoms with van der Waals surface area (Å²) in [7, 11) is 0. The lowest BCUT2D eigenvalue weighted by atomic mass is 9.81. The molecule has 0 aliphatic heterocycles. The van der Waals surface area contributed by atoms with E-state index in [9.17, 15) is 4.79 Å². The highest BCUT2D eigenvalue weighted by Crippen LogP contribution is 2.58. The van der Waals surface area contributed by atoms with E-state index < -0.39 is 0 Å². The molecule has 66 valence electrons. The molecule has 3 rings (SSSR count). The molecule has 3 aliphatic rings. The van der Waals surface area contributed by atoms with Crippen molar-refractivity contribution in [2.24, 2.45) is 29.6 Å². The molecule has 3 fully saturated rings. The summed E-state index contributed by atoms with van der Waals surface area (Å²) in [6.07, 6.45) is 5.37. The molecule has 0 radical (unpaired) electrons. The van der Waals surface area contributed by atoms with Gasteiger partial charge in [0.05, 0.1) is 0 Å². The number of carbonyl (C=O) groups excluding carboxylic acids is 1. The van der Waals surface area contributed by atoms with Crippen molar-refractivity contribution in [1.29, 1.82) is 0 Å². The van der Waals surface area contributed by atoms with Crippen LogP contribution in [0, 0.1) is 29.6 Å². The summed E-state index contributed by atoms with van der Waals surface area (Å²) in [6.45, 7) is 2.13. The predicted molar refractivity (Wildman–Crippen MR) is 46.6 cm³/mol. The van der Waals surface area contributed by atoms with Crippen LogP contribution >= 0.6 is 0 Å². The fourth-order valence-electron chi connectivity index (χ4n) is 4.05. The summed E-state index contributed by atoms with van der Waals surface area (Å²) >= 11 is 0. The summed E-state index contributed by atoms with van der Waals surface area (Å²) in [5, 5.41) is 0. The van der Waals surface area contributed by atoms with Gasteiger partial charge in [0, 0.05) is 11.8 Å². The molecule has 0 N–H and O–H groups in total. The van der Waals surface area contributed by atoms with Crippen molar-refractivity contribution in [2.75, 3.05) is 0 Å². The van der Waals surface area contributed by atoms with Gasteiger partial charge in [-0.25, -0.2) is 0 Å². The monoisotopic (exact) mass is 164 g/mol. The standard InChI is InChI=1S/C11H16O/c1-6-4-9-7-2-3-8(5-7)10(9)11(6)12/h6-10H,2-5H2,1H3/t6-,7+,8-,9-,10+/m0/s1. The van der Waals surface area contributed by atoms with Gasteiger partial charge in [0.2, 0.25) is 0 Å². The molecule has 0 unspecified atom stereocenters. The summed E-state index contributed by atoms with van der Waals surface area (Å²) in [5.74, 6) is 4.06. The van der Waals surface area contributed by atoms with E-state index in [1.165, 1.54) is 25.7 Å². The second-order valence-corrected chi connectivity index (χ2v) is 5.06. The van der Waals surface area contributed by atoms with Crippen LogP contribution in [0.15, 0.2) is 0 Å². The number of hydrogen-bond acceptors (Lipinski definition) is 1. The Hall–Kier alpha value is -0.330. The molecule has 0 spiro atoms. The molecule has 3 aliphatic carbocycles. The van der Waals surface area contributed by atoms with Crippen molar-refractivity contribution in [1.82, 2.24) is 0 Å². The quantitative estimate of drug-likeness (QED) is 0.536. The van der Waals surface area contributed by atoms with Crippen molar-refractivity contribution < 1.29 is 4.79 Å². The molecule has 0 saturated heterocycles. The van der Waals surface area contributed by atoms with Gasteiger partial charge >= 0.3 is 0 Å². The normalized spacial score (nSPS) is 56.4. The minimum absolute atomic E-state index is 0.392. The molecule has 0 aromatic rings. The maximum absolute atomic E-state index is 11.8. The van der Waals surface area contributed by atoms with Gasteiger partial charge in [0.25, 0.3) is 0 Å². The number of hydrogen-bond donors (Lipinski definition) is 0. The van der Waals surface area contributed by atoms with Crippen LogP contribution in [0.5, 0.6) is 0 Å². The first kappa shape index (κ1) is 7.11. The number of ketones is 1. The van der Waals surface area contributed by atoms with E-state index in [2.05, 4.69) is 6.92 Å². The fraction of sp³-hybridized carbons (Fsp3) is 0.909. The Balaban J connectivity index is 1.95. The molecule has 0 aromatic carbocycles. The second kappa shape index (κ2) is 2.12. The summed E-state index contributed by atoms with van der Waals surface area (Å²) in [5.41, 5.74) is 0. The Morgan fingerprint density at radius 1 is 1.17 bits per heavy atom. The van der Waals surface area contributed by atoms with Gasteiger partial charge < -0.3 is 0 Å². The van der Waals surface area contributed by atoms with E-state index >= 15 is 0 Å². The third-order valence-electron chi connectivity index (χ3n) is 4.53. The van der Waals surface area contributed by atoms with Crippen LogP contribution in [0.4, 0.5) is 0 Å². The fourth-order valence-corrected chi connectivity index (χ4v) is 4.05. The van der Waals surface area contributed by atoms with Crippen molar-refractivity contribution in [3.63, 3.8) is 0 Å². The lowest BCUT2D eigenvalue weighted by Gasteiger charge is -2.22. The number of carbonyl (C=O) groups is 1. The molecule has 5 atom stereocenters. The van der Waals surface area contributed by atoms with Crippen LogP contribution in [0.2, 0.25) is 0 Å². The topological polar surface area (TPSA) is 17.1 Å². The molecular weight excluding hydrogens is 148 g/mol. The number of rotatable bonds is 0. The second-order valence-electron chi connectivity index (χ2n) is 5.06. The lowest BCUT2D eigenvalue weighted by Crippen LogP contribution is -2.22. The van der Waals surface area contributed by atoms with E-state index in [1.54, 1.807) is 0 Å². The molecule has 12 heavy (non-hydrogen) atoms. The lowest BCUT2D eigenvalue weighted by molar-refractivity contribution is -0.125. The van der Waals surface area contributed by atoms with Crippen LogP contribution < -0.4 is 0 Å². The maximum Gasteiger partial charge on any atom is 0.139 e. The third kappa shape index (κ3) is 0.681. The van der Waals surface area contributed by atoms with Gasteiger partial charge in [-0.15, -0.1) is 0 Å². The molecule has 3 saturated carbocycles. The van der Waals surface area contributed by atoms with Crippen molar-refractivity contribution >= 4 is 5.78 Å². The molecule has 1 nitrogen and oxygen atoms in total. The maximum atomic E-state index is 11.8. The average Bonchev–Trinajstić information content (AvgIpc) is 2.66. The zero-order valence-corrected chi connectivity index (χ0v) is 7.62. The predicted octanol–water partition coefficient (Wildman–Crippen LogP) is 2.26. The van der Waals surface area contributed by atoms with Gasteiger partial charge in [-0.3, -0.25) is 4.79 Å². The van der Waals surface area contributed by atoms with Crippen molar-refractivity contribution in [3.05, 3.63) is 0 Å². The molecule has 0 aromatic heterocycles. The number of fused-ring (bicyclic) bond motifs is 5. The van der Waals surface area contributed by atoms with E-state index in [4.69, 9.17) is 0 Å². The Kier molecular flexibility index (Phi) is 1.26. The first-order valence-electron chi connectivity index (χ1n) is 5.31. The zero-order chi connectivity index (χ0) is 8.29. The van der Waals surface area contributed by atoms with Crippen molar-refractivity contribution in [3.8, 4) is 0 Å². The molecule has 2 bridgehead atoms. The van der Waals surface area contributed by atoms with Crippen LogP contribution in [-0.4, -0.2) is 5.78 Å². The van der Waals surface area contributed by atoms with E-state index in [1.807, 2.05) is 0 Å². The van der Waals surface area contributed by atoms with E-state index in [-0.39, 0.29) is 0 Å². The van der Waals surface area contributed by atoms with Crippen LogP contribution in [0.1, 0.15) is 32.6 Å². The van der Waals surface area contributed by atoms with Crippen LogP contribution in [-0.2, 0) is 4.79 Å². The Labute approximate surface area is 73.5 Å². The third-order valence-corrected chi connectivity index (χ3v) is 4.53. The molecular formula is C11H16O. The highest BCUT2D eigenvalue weighted by molar-refractivity contribution is 5.86. The van der Waals surface area contributed by atoms with Gasteiger partial charge in [-0.1, -0.05) is 6.92 Å². The molecule has 1 heteroatoms. The average molecular weight is 164 g/mol. The van der Waals surface area contributed by atoms with Crippen molar-refractivity contribution in [2.45, 2.75) is 32.6 Å².